The van der Waals surface area contributed by atoms with Crippen LogP contribution in [0.3, 0.4) is 0 Å². The van der Waals surface area contributed by atoms with E-state index in [9.17, 15) is 0 Å². The third-order valence-electron chi connectivity index (χ3n) is 2.47. The van der Waals surface area contributed by atoms with Gasteiger partial charge in [0.1, 0.15) is 0 Å². The van der Waals surface area contributed by atoms with Crippen molar-refractivity contribution in [1.82, 2.24) is 15.5 Å². The average molecular weight is 211 g/mol. The van der Waals surface area contributed by atoms with Crippen LogP contribution in [0.15, 0.2) is 4.52 Å². The Kier molecular flexibility index (Phi) is 2.88. The Hall–Kier alpha value is -1.14. The van der Waals surface area contributed by atoms with Crippen molar-refractivity contribution in [1.29, 1.82) is 0 Å². The average Bonchev–Trinajstić information content (AvgIpc) is 2.67. The number of nitrogens with two attached hydrogens (primary N) is 1. The van der Waals surface area contributed by atoms with E-state index in [1.54, 1.807) is 0 Å². The van der Waals surface area contributed by atoms with Crippen LogP contribution in [0.4, 0.5) is 5.95 Å². The van der Waals surface area contributed by atoms with Crippen molar-refractivity contribution in [3.8, 4) is 0 Å². The van der Waals surface area contributed by atoms with Gasteiger partial charge in [-0.1, -0.05) is 13.8 Å². The lowest BCUT2D eigenvalue weighted by molar-refractivity contribution is 0.361. The Labute approximate surface area is 88.8 Å². The summed E-state index contributed by atoms with van der Waals surface area (Å²) < 4.78 is 5.15. The van der Waals surface area contributed by atoms with Gasteiger partial charge < -0.3 is 20.5 Å². The van der Waals surface area contributed by atoms with Gasteiger partial charge in [-0.2, -0.15) is 4.98 Å². The molecule has 2 heterocycles. The highest BCUT2D eigenvalue weighted by Crippen LogP contribution is 2.17. The quantitative estimate of drug-likeness (QED) is 0.710. The van der Waals surface area contributed by atoms with Crippen molar-refractivity contribution in [2.24, 2.45) is 5.73 Å². The van der Waals surface area contributed by atoms with Crippen LogP contribution >= 0.6 is 0 Å². The number of aromatic nitrogens is 2. The second kappa shape index (κ2) is 4.16. The molecule has 0 spiro atoms. The van der Waals surface area contributed by atoms with Crippen molar-refractivity contribution in [3.05, 3.63) is 5.89 Å². The van der Waals surface area contributed by atoms with Crippen LogP contribution < -0.4 is 16.0 Å². The van der Waals surface area contributed by atoms with Gasteiger partial charge in [0.15, 0.2) is 0 Å². The molecule has 1 aliphatic heterocycles. The van der Waals surface area contributed by atoms with Crippen LogP contribution in [0.2, 0.25) is 0 Å². The third kappa shape index (κ3) is 2.10. The van der Waals surface area contributed by atoms with E-state index in [0.717, 1.165) is 19.6 Å². The number of nitrogens with one attached hydrogen (secondary N) is 1. The molecule has 0 bridgehead atoms. The first kappa shape index (κ1) is 10.4. The predicted molar refractivity (Wildman–Crippen MR) is 56.6 cm³/mol. The molecule has 1 saturated heterocycles. The number of hydrogen-bond acceptors (Lipinski definition) is 6. The smallest absolute Gasteiger partial charge is 0.267 e. The Balaban J connectivity index is 2.13. The molecule has 6 nitrogen and oxygen atoms in total. The maximum absolute atomic E-state index is 5.94. The first-order valence-corrected chi connectivity index (χ1v) is 5.25. The lowest BCUT2D eigenvalue weighted by Crippen LogP contribution is -2.56. The zero-order valence-corrected chi connectivity index (χ0v) is 9.10. The molecular formula is C9H17N5O. The molecule has 0 saturated carbocycles. The summed E-state index contributed by atoms with van der Waals surface area (Å²) in [7, 11) is 0. The van der Waals surface area contributed by atoms with Gasteiger partial charge in [0.05, 0.1) is 6.17 Å². The fourth-order valence-corrected chi connectivity index (χ4v) is 1.55. The largest absolute Gasteiger partial charge is 0.337 e. The summed E-state index contributed by atoms with van der Waals surface area (Å²) in [6.45, 7) is 6.52. The van der Waals surface area contributed by atoms with Crippen molar-refractivity contribution in [2.45, 2.75) is 25.9 Å². The van der Waals surface area contributed by atoms with Gasteiger partial charge in [0.2, 0.25) is 5.89 Å². The summed E-state index contributed by atoms with van der Waals surface area (Å²) >= 11 is 0. The highest BCUT2D eigenvalue weighted by molar-refractivity contribution is 5.30. The van der Waals surface area contributed by atoms with E-state index in [1.807, 2.05) is 18.7 Å². The van der Waals surface area contributed by atoms with E-state index in [-0.39, 0.29) is 12.1 Å². The van der Waals surface area contributed by atoms with Gasteiger partial charge in [0, 0.05) is 25.6 Å². The normalized spacial score (nSPS) is 22.4. The van der Waals surface area contributed by atoms with Gasteiger partial charge in [-0.25, -0.2) is 0 Å². The van der Waals surface area contributed by atoms with E-state index in [4.69, 9.17) is 10.3 Å². The zero-order valence-electron chi connectivity index (χ0n) is 9.10. The highest BCUT2D eigenvalue weighted by Gasteiger charge is 2.23. The fourth-order valence-electron chi connectivity index (χ4n) is 1.55. The van der Waals surface area contributed by atoms with Crippen LogP contribution in [-0.2, 0) is 0 Å². The minimum atomic E-state index is -0.0728. The molecule has 2 rings (SSSR count). The molecule has 0 amide bonds. The van der Waals surface area contributed by atoms with Crippen LogP contribution in [0.1, 0.15) is 25.7 Å². The Morgan fingerprint density at radius 1 is 1.60 bits per heavy atom. The highest BCUT2D eigenvalue weighted by atomic mass is 16.5. The van der Waals surface area contributed by atoms with E-state index in [0.29, 0.717) is 11.8 Å². The third-order valence-corrected chi connectivity index (χ3v) is 2.47. The van der Waals surface area contributed by atoms with E-state index >= 15 is 0 Å². The summed E-state index contributed by atoms with van der Waals surface area (Å²) in [5.41, 5.74) is 5.94. The van der Waals surface area contributed by atoms with Gasteiger partial charge in [0.25, 0.3) is 5.95 Å². The molecule has 0 aromatic carbocycles. The Morgan fingerprint density at radius 3 is 3.00 bits per heavy atom. The lowest BCUT2D eigenvalue weighted by Gasteiger charge is -2.32. The molecule has 1 aromatic heterocycles. The van der Waals surface area contributed by atoms with Crippen molar-refractivity contribution in [3.63, 3.8) is 0 Å². The molecule has 0 aliphatic carbocycles. The van der Waals surface area contributed by atoms with E-state index in [2.05, 4.69) is 15.5 Å². The van der Waals surface area contributed by atoms with Crippen molar-refractivity contribution >= 4 is 5.95 Å². The molecule has 3 N–H and O–H groups in total. The maximum atomic E-state index is 5.94. The molecule has 1 atom stereocenters. The van der Waals surface area contributed by atoms with Gasteiger partial charge >= 0.3 is 0 Å². The molecular weight excluding hydrogens is 194 g/mol. The fraction of sp³-hybridized carbons (Fsp3) is 0.778. The second-order valence-corrected chi connectivity index (χ2v) is 4.05. The maximum Gasteiger partial charge on any atom is 0.267 e. The van der Waals surface area contributed by atoms with Gasteiger partial charge in [-0.15, -0.1) is 0 Å². The SMILES string of the molecule is CC(C)c1nc(N2CCNC[C@H]2N)no1. The van der Waals surface area contributed by atoms with Gasteiger partial charge in [-0.05, 0) is 5.16 Å². The number of hydrogen-bond donors (Lipinski definition) is 2. The first-order valence-electron chi connectivity index (χ1n) is 5.25. The van der Waals surface area contributed by atoms with Crippen LogP contribution in [0.25, 0.3) is 0 Å². The van der Waals surface area contributed by atoms with Crippen LogP contribution in [0.5, 0.6) is 0 Å². The predicted octanol–water partition coefficient (Wildman–Crippen LogP) is -0.113. The molecule has 1 fully saturated rings. The summed E-state index contributed by atoms with van der Waals surface area (Å²) in [5.74, 6) is 1.52. The molecule has 6 heteroatoms. The summed E-state index contributed by atoms with van der Waals surface area (Å²) in [5, 5.41) is 7.15. The zero-order chi connectivity index (χ0) is 10.8. The summed E-state index contributed by atoms with van der Waals surface area (Å²) in [6.07, 6.45) is -0.0728. The van der Waals surface area contributed by atoms with Crippen molar-refractivity contribution in [2.75, 3.05) is 24.5 Å². The minimum absolute atomic E-state index is 0.0728. The molecule has 1 aliphatic rings. The molecule has 15 heavy (non-hydrogen) atoms. The van der Waals surface area contributed by atoms with Crippen LogP contribution in [-0.4, -0.2) is 35.9 Å². The van der Waals surface area contributed by atoms with E-state index < -0.39 is 0 Å². The monoisotopic (exact) mass is 211 g/mol. The molecule has 1 aromatic rings. The topological polar surface area (TPSA) is 80.2 Å². The van der Waals surface area contributed by atoms with Crippen LogP contribution in [0, 0.1) is 0 Å². The molecule has 0 unspecified atom stereocenters. The van der Waals surface area contributed by atoms with Gasteiger partial charge in [-0.3, -0.25) is 0 Å². The number of anilines is 1. The molecule has 84 valence electrons. The minimum Gasteiger partial charge on any atom is -0.337 e. The number of rotatable bonds is 2. The lowest BCUT2D eigenvalue weighted by atomic mass is 10.2. The Morgan fingerprint density at radius 2 is 2.40 bits per heavy atom. The standard InChI is InChI=1S/C9H17N5O/c1-6(2)8-12-9(13-15-8)14-4-3-11-5-7(14)10/h6-7,11H,3-5,10H2,1-2H3/t7-/m0/s1. The first-order chi connectivity index (χ1) is 7.18. The Bertz CT molecular complexity index is 324. The van der Waals surface area contributed by atoms with E-state index in [1.165, 1.54) is 0 Å². The number of nitrogens with zero attached hydrogens (tertiary/aromatic N) is 3. The molecule has 0 radical (unpaired) electrons. The van der Waals surface area contributed by atoms with Crippen molar-refractivity contribution < 1.29 is 4.52 Å². The summed E-state index contributed by atoms with van der Waals surface area (Å²) in [4.78, 5) is 6.29. The summed E-state index contributed by atoms with van der Waals surface area (Å²) in [6, 6.07) is 0. The number of piperazine rings is 1. The second-order valence-electron chi connectivity index (χ2n) is 4.05.